The van der Waals surface area contributed by atoms with Crippen LogP contribution in [-0.2, 0) is 17.8 Å². The Hall–Kier alpha value is -2.85. The van der Waals surface area contributed by atoms with Crippen molar-refractivity contribution in [3.8, 4) is 5.75 Å². The van der Waals surface area contributed by atoms with Crippen molar-refractivity contribution in [3.05, 3.63) is 77.4 Å². The third kappa shape index (κ3) is 5.76. The Kier molecular flexibility index (Phi) is 7.81. The van der Waals surface area contributed by atoms with Gasteiger partial charge in [0.15, 0.2) is 0 Å². The number of aryl methyl sites for hydroxylation is 1. The number of hydrogen-bond donors (Lipinski definition) is 1. The summed E-state index contributed by atoms with van der Waals surface area (Å²) in [6, 6.07) is 21.1. The zero-order valence-electron chi connectivity index (χ0n) is 23.5. The Bertz CT molecular complexity index is 1250. The highest BCUT2D eigenvalue weighted by Crippen LogP contribution is 2.41. The Morgan fingerprint density at radius 1 is 0.947 bits per heavy atom. The fourth-order valence-corrected chi connectivity index (χ4v) is 6.81. The SMILES string of the molecule is Cc1cc(OC2CCC(C(C)(C)C)CC2)c(CN2CCC(C(=O)O)[C@H]2Cc2ccccc2)c2ccccc12. The number of fused-ring (bicyclic) bond motifs is 1. The zero-order valence-corrected chi connectivity index (χ0v) is 23.5. The lowest BCUT2D eigenvalue weighted by molar-refractivity contribution is -0.142. The van der Waals surface area contributed by atoms with Gasteiger partial charge >= 0.3 is 5.97 Å². The normalized spacial score (nSPS) is 24.5. The van der Waals surface area contributed by atoms with Gasteiger partial charge in [-0.2, -0.15) is 0 Å². The summed E-state index contributed by atoms with van der Waals surface area (Å²) in [5.41, 5.74) is 3.97. The second-order valence-corrected chi connectivity index (χ2v) is 12.6. The maximum absolute atomic E-state index is 12.2. The molecule has 0 radical (unpaired) electrons. The molecule has 1 saturated heterocycles. The zero-order chi connectivity index (χ0) is 26.9. The van der Waals surface area contributed by atoms with Gasteiger partial charge in [-0.3, -0.25) is 9.69 Å². The summed E-state index contributed by atoms with van der Waals surface area (Å²) >= 11 is 0. The second kappa shape index (κ2) is 11.1. The maximum Gasteiger partial charge on any atom is 0.308 e. The highest BCUT2D eigenvalue weighted by Gasteiger charge is 2.39. The largest absolute Gasteiger partial charge is 0.490 e. The average molecular weight is 514 g/mol. The van der Waals surface area contributed by atoms with E-state index in [2.05, 4.69) is 75.1 Å². The molecule has 202 valence electrons. The van der Waals surface area contributed by atoms with Gasteiger partial charge in [-0.1, -0.05) is 75.4 Å². The smallest absolute Gasteiger partial charge is 0.308 e. The highest BCUT2D eigenvalue weighted by atomic mass is 16.5. The standard InChI is InChI=1S/C34H43NO3/c1-23-20-32(38-26-16-14-25(15-17-26)34(2,3)4)30(28-13-9-8-12-27(23)28)22-35-19-18-29(33(36)37)31(35)21-24-10-6-5-7-11-24/h5-13,20,25-26,29,31H,14-19,21-22H2,1-4H3,(H,36,37)/t25?,26?,29?,31-/m1/s1. The van der Waals surface area contributed by atoms with E-state index in [9.17, 15) is 9.90 Å². The van der Waals surface area contributed by atoms with Crippen LogP contribution in [0.4, 0.5) is 0 Å². The first kappa shape index (κ1) is 26.7. The molecule has 4 nitrogen and oxygen atoms in total. The van der Waals surface area contributed by atoms with Gasteiger partial charge in [-0.15, -0.1) is 0 Å². The van der Waals surface area contributed by atoms with Crippen LogP contribution in [0.15, 0.2) is 60.7 Å². The van der Waals surface area contributed by atoms with E-state index in [0.717, 1.165) is 37.5 Å². The Labute approximate surface area is 228 Å². The van der Waals surface area contributed by atoms with Crippen LogP contribution in [-0.4, -0.2) is 34.7 Å². The molecule has 1 saturated carbocycles. The van der Waals surface area contributed by atoms with Crippen LogP contribution in [0.3, 0.4) is 0 Å². The van der Waals surface area contributed by atoms with Gasteiger partial charge in [0.1, 0.15) is 5.75 Å². The first-order valence-corrected chi connectivity index (χ1v) is 14.4. The molecule has 1 aliphatic carbocycles. The third-order valence-corrected chi connectivity index (χ3v) is 9.14. The fraction of sp³-hybridized carbons (Fsp3) is 0.500. The number of benzene rings is 3. The number of ether oxygens (including phenoxy) is 1. The number of rotatable bonds is 7. The van der Waals surface area contributed by atoms with Crippen molar-refractivity contribution >= 4 is 16.7 Å². The van der Waals surface area contributed by atoms with E-state index in [1.807, 2.05) is 18.2 Å². The van der Waals surface area contributed by atoms with E-state index >= 15 is 0 Å². The molecule has 2 aliphatic rings. The quantitative estimate of drug-likeness (QED) is 0.352. The molecular formula is C34H43NO3. The molecule has 3 aromatic rings. The van der Waals surface area contributed by atoms with E-state index < -0.39 is 5.97 Å². The van der Waals surface area contributed by atoms with Gasteiger partial charge in [0.25, 0.3) is 0 Å². The average Bonchev–Trinajstić information content (AvgIpc) is 3.29. The Morgan fingerprint density at radius 3 is 2.26 bits per heavy atom. The summed E-state index contributed by atoms with van der Waals surface area (Å²) in [4.78, 5) is 14.6. The molecule has 1 N–H and O–H groups in total. The maximum atomic E-state index is 12.2. The Morgan fingerprint density at radius 2 is 1.61 bits per heavy atom. The van der Waals surface area contributed by atoms with E-state index in [1.165, 1.54) is 40.3 Å². The summed E-state index contributed by atoms with van der Waals surface area (Å²) in [5, 5.41) is 12.5. The molecule has 0 bridgehead atoms. The molecule has 38 heavy (non-hydrogen) atoms. The molecule has 3 aromatic carbocycles. The van der Waals surface area contributed by atoms with Gasteiger partial charge in [0, 0.05) is 18.2 Å². The number of hydrogen-bond acceptors (Lipinski definition) is 3. The number of nitrogens with zero attached hydrogens (tertiary/aromatic N) is 1. The summed E-state index contributed by atoms with van der Waals surface area (Å²) in [6.07, 6.45) is 6.27. The topological polar surface area (TPSA) is 49.8 Å². The van der Waals surface area contributed by atoms with Crippen molar-refractivity contribution in [1.82, 2.24) is 4.90 Å². The van der Waals surface area contributed by atoms with Crippen LogP contribution in [0.5, 0.6) is 5.75 Å². The van der Waals surface area contributed by atoms with Gasteiger partial charge in [-0.05, 0) is 91.3 Å². The molecule has 0 aromatic heterocycles. The first-order chi connectivity index (χ1) is 18.2. The predicted octanol–water partition coefficient (Wildman–Crippen LogP) is 7.65. The van der Waals surface area contributed by atoms with Crippen molar-refractivity contribution in [3.63, 3.8) is 0 Å². The van der Waals surface area contributed by atoms with Crippen molar-refractivity contribution < 1.29 is 14.6 Å². The Balaban J connectivity index is 1.44. The van der Waals surface area contributed by atoms with Crippen LogP contribution in [0.1, 0.15) is 69.6 Å². The van der Waals surface area contributed by atoms with Crippen molar-refractivity contribution in [2.75, 3.05) is 6.54 Å². The van der Waals surface area contributed by atoms with Crippen molar-refractivity contribution in [2.45, 2.75) is 84.9 Å². The monoisotopic (exact) mass is 513 g/mol. The molecule has 2 atom stereocenters. The lowest BCUT2D eigenvalue weighted by Crippen LogP contribution is -2.37. The number of likely N-dealkylation sites (tertiary alicyclic amines) is 1. The molecule has 1 heterocycles. The molecule has 0 amide bonds. The first-order valence-electron chi connectivity index (χ1n) is 14.4. The van der Waals surface area contributed by atoms with Gasteiger partial charge in [-0.25, -0.2) is 0 Å². The van der Waals surface area contributed by atoms with Crippen LogP contribution in [0, 0.1) is 24.2 Å². The molecule has 4 heteroatoms. The lowest BCUT2D eigenvalue weighted by atomic mass is 9.72. The third-order valence-electron chi connectivity index (χ3n) is 9.14. The van der Waals surface area contributed by atoms with Crippen molar-refractivity contribution in [2.24, 2.45) is 17.3 Å². The summed E-state index contributed by atoms with van der Waals surface area (Å²) < 4.78 is 6.83. The number of carboxylic acid groups (broad SMARTS) is 1. The predicted molar refractivity (Wildman–Crippen MR) is 155 cm³/mol. The lowest BCUT2D eigenvalue weighted by Gasteiger charge is -2.37. The van der Waals surface area contributed by atoms with E-state index in [1.54, 1.807) is 0 Å². The van der Waals surface area contributed by atoms with Crippen LogP contribution < -0.4 is 4.74 Å². The molecule has 1 aliphatic heterocycles. The van der Waals surface area contributed by atoms with Crippen molar-refractivity contribution in [1.29, 1.82) is 0 Å². The minimum absolute atomic E-state index is 0.0370. The fourth-order valence-electron chi connectivity index (χ4n) is 6.81. The number of carbonyl (C=O) groups is 1. The van der Waals surface area contributed by atoms with E-state index in [4.69, 9.17) is 4.74 Å². The van der Waals surface area contributed by atoms with Gasteiger partial charge in [0.05, 0.1) is 12.0 Å². The molecular weight excluding hydrogens is 470 g/mol. The summed E-state index contributed by atoms with van der Waals surface area (Å²) in [5.74, 6) is 0.687. The van der Waals surface area contributed by atoms with Crippen LogP contribution in [0.2, 0.25) is 0 Å². The molecule has 1 unspecified atom stereocenters. The van der Waals surface area contributed by atoms with Gasteiger partial charge in [0.2, 0.25) is 0 Å². The van der Waals surface area contributed by atoms with E-state index in [0.29, 0.717) is 18.4 Å². The molecule has 5 rings (SSSR count). The number of aliphatic carboxylic acids is 1. The minimum Gasteiger partial charge on any atom is -0.490 e. The van der Waals surface area contributed by atoms with E-state index in [-0.39, 0.29) is 18.1 Å². The minimum atomic E-state index is -0.686. The number of carboxylic acids is 1. The summed E-state index contributed by atoms with van der Waals surface area (Å²) in [6.45, 7) is 10.7. The summed E-state index contributed by atoms with van der Waals surface area (Å²) in [7, 11) is 0. The van der Waals surface area contributed by atoms with Crippen LogP contribution in [0.25, 0.3) is 10.8 Å². The molecule has 0 spiro atoms. The second-order valence-electron chi connectivity index (χ2n) is 12.6. The molecule has 2 fully saturated rings. The highest BCUT2D eigenvalue weighted by molar-refractivity contribution is 5.90. The van der Waals surface area contributed by atoms with Crippen LogP contribution >= 0.6 is 0 Å². The van der Waals surface area contributed by atoms with Gasteiger partial charge < -0.3 is 9.84 Å².